The molecule has 3 aromatic rings. The molecule has 4 atom stereocenters. The van der Waals surface area contributed by atoms with Crippen LogP contribution in [0.5, 0.6) is 5.75 Å². The van der Waals surface area contributed by atoms with E-state index >= 15 is 0 Å². The zero-order chi connectivity index (χ0) is 35.2. The number of anilines is 1. The zero-order valence-electron chi connectivity index (χ0n) is 27.7. The first-order valence-electron chi connectivity index (χ1n) is 15.7. The number of imidazole rings is 1. The molecule has 1 aliphatic rings. The van der Waals surface area contributed by atoms with Gasteiger partial charge in [0.25, 0.3) is 15.9 Å². The standard InChI is InChI=1S/C32H44ClN5O8S2/c1-22-17-38(23(2)20-39)32(40)28-16-26(35-47(41,42)31-19-36(4)21-34-31)11-14-29(28)46-24(3)8-6-7-15-45-30(22)18-37(5)48(43,44)27-12-9-25(33)10-13-27/h9-14,16,19,21-24,30,35,39H,6-8,15,17-18,20H2,1-5H3/t22-,23+,24+,30-/m0/s1. The molecule has 0 saturated carbocycles. The van der Waals surface area contributed by atoms with Gasteiger partial charge in [-0.05, 0) is 75.6 Å². The van der Waals surface area contributed by atoms with Crippen LogP contribution in [0.25, 0.3) is 0 Å². The van der Waals surface area contributed by atoms with Crippen molar-refractivity contribution in [3.05, 3.63) is 65.6 Å². The number of sulfonamides is 2. The molecule has 0 unspecified atom stereocenters. The number of hydrogen-bond acceptors (Lipinski definition) is 9. The first kappa shape index (κ1) is 37.6. The Kier molecular flexibility index (Phi) is 12.5. The van der Waals surface area contributed by atoms with Crippen LogP contribution in [0.3, 0.4) is 0 Å². The minimum Gasteiger partial charge on any atom is -0.490 e. The molecule has 0 saturated heterocycles. The monoisotopic (exact) mass is 725 g/mol. The van der Waals surface area contributed by atoms with Gasteiger partial charge in [0, 0.05) is 56.6 Å². The number of nitrogens with one attached hydrogen (secondary N) is 1. The third-order valence-corrected chi connectivity index (χ3v) is 11.6. The molecule has 4 rings (SSSR count). The number of benzene rings is 2. The fraction of sp³-hybridized carbons (Fsp3) is 0.500. The van der Waals surface area contributed by atoms with Gasteiger partial charge in [0.1, 0.15) is 5.75 Å². The van der Waals surface area contributed by atoms with Crippen LogP contribution in [0, 0.1) is 5.92 Å². The third kappa shape index (κ3) is 9.27. The summed E-state index contributed by atoms with van der Waals surface area (Å²) < 4.78 is 70.6. The Labute approximate surface area is 287 Å². The van der Waals surface area contributed by atoms with E-state index in [2.05, 4.69) is 9.71 Å². The lowest BCUT2D eigenvalue weighted by Gasteiger charge is -2.35. The van der Waals surface area contributed by atoms with Crippen molar-refractivity contribution < 1.29 is 36.2 Å². The first-order valence-corrected chi connectivity index (χ1v) is 19.0. The summed E-state index contributed by atoms with van der Waals surface area (Å²) in [6, 6.07) is 9.76. The van der Waals surface area contributed by atoms with Crippen molar-refractivity contribution in [3.63, 3.8) is 0 Å². The molecule has 0 spiro atoms. The number of aryl methyl sites for hydroxylation is 1. The summed E-state index contributed by atoms with van der Waals surface area (Å²) in [5.41, 5.74) is 0.234. The number of ether oxygens (including phenoxy) is 2. The van der Waals surface area contributed by atoms with Crippen molar-refractivity contribution in [2.45, 2.75) is 68.2 Å². The van der Waals surface area contributed by atoms with E-state index in [1.54, 1.807) is 20.0 Å². The quantitative estimate of drug-likeness (QED) is 0.333. The second kappa shape index (κ2) is 16.0. The molecular weight excluding hydrogens is 682 g/mol. The predicted octanol–water partition coefficient (Wildman–Crippen LogP) is 3.99. The average molecular weight is 726 g/mol. The lowest BCUT2D eigenvalue weighted by molar-refractivity contribution is -0.00833. The third-order valence-electron chi connectivity index (χ3n) is 8.22. The van der Waals surface area contributed by atoms with E-state index in [1.165, 1.54) is 69.7 Å². The minimum absolute atomic E-state index is 0.0111. The molecule has 1 amide bonds. The normalized spacial score (nSPS) is 20.9. The Bertz CT molecular complexity index is 1770. The van der Waals surface area contributed by atoms with E-state index in [-0.39, 0.29) is 58.6 Å². The topological polar surface area (TPSA) is 160 Å². The Morgan fingerprint density at radius 3 is 2.48 bits per heavy atom. The highest BCUT2D eigenvalue weighted by atomic mass is 35.5. The summed E-state index contributed by atoms with van der Waals surface area (Å²) in [6.07, 6.45) is 3.93. The highest BCUT2D eigenvalue weighted by Gasteiger charge is 2.32. The molecule has 0 aliphatic carbocycles. The number of rotatable bonds is 9. The zero-order valence-corrected chi connectivity index (χ0v) is 30.1. The number of hydrogen-bond donors (Lipinski definition) is 2. The number of amides is 1. The number of halogens is 1. The molecule has 0 fully saturated rings. The molecule has 264 valence electrons. The van der Waals surface area contributed by atoms with Gasteiger partial charge >= 0.3 is 0 Å². The van der Waals surface area contributed by atoms with E-state index in [0.29, 0.717) is 24.5 Å². The number of aliphatic hydroxyl groups is 1. The van der Waals surface area contributed by atoms with Crippen LogP contribution in [-0.4, -0.2) is 98.2 Å². The first-order chi connectivity index (χ1) is 22.6. The second-order valence-electron chi connectivity index (χ2n) is 12.2. The molecule has 13 nitrogen and oxygen atoms in total. The molecule has 16 heteroatoms. The van der Waals surface area contributed by atoms with Crippen molar-refractivity contribution in [1.29, 1.82) is 0 Å². The summed E-state index contributed by atoms with van der Waals surface area (Å²) in [4.78, 5) is 19.8. The smallest absolute Gasteiger partial charge is 0.280 e. The van der Waals surface area contributed by atoms with Crippen molar-refractivity contribution >= 4 is 43.2 Å². The number of carbonyl (C=O) groups is 1. The molecule has 48 heavy (non-hydrogen) atoms. The fourth-order valence-corrected chi connectivity index (χ4v) is 7.66. The van der Waals surface area contributed by atoms with Gasteiger partial charge in [0.15, 0.2) is 5.03 Å². The lowest BCUT2D eigenvalue weighted by Crippen LogP contribution is -2.48. The van der Waals surface area contributed by atoms with Gasteiger partial charge in [0.2, 0.25) is 10.0 Å². The lowest BCUT2D eigenvalue weighted by atomic mass is 10.0. The van der Waals surface area contributed by atoms with Crippen LogP contribution in [0.1, 0.15) is 50.4 Å². The number of carbonyl (C=O) groups excluding carboxylic acids is 1. The fourth-order valence-electron chi connectivity index (χ4n) is 5.32. The van der Waals surface area contributed by atoms with Crippen molar-refractivity contribution in [3.8, 4) is 5.75 Å². The highest BCUT2D eigenvalue weighted by molar-refractivity contribution is 7.92. The molecule has 1 aliphatic heterocycles. The van der Waals surface area contributed by atoms with Gasteiger partial charge in [-0.25, -0.2) is 13.4 Å². The predicted molar refractivity (Wildman–Crippen MR) is 182 cm³/mol. The van der Waals surface area contributed by atoms with E-state index in [0.717, 1.165) is 6.42 Å². The maximum atomic E-state index is 14.3. The molecule has 1 aromatic heterocycles. The molecule has 2 N–H and O–H groups in total. The van der Waals surface area contributed by atoms with E-state index in [1.807, 2.05) is 13.8 Å². The highest BCUT2D eigenvalue weighted by Crippen LogP contribution is 2.30. The van der Waals surface area contributed by atoms with Gasteiger partial charge in [-0.2, -0.15) is 12.7 Å². The van der Waals surface area contributed by atoms with Gasteiger partial charge in [0.05, 0.1) is 41.6 Å². The van der Waals surface area contributed by atoms with E-state index < -0.39 is 38.1 Å². The van der Waals surface area contributed by atoms with Gasteiger partial charge < -0.3 is 24.0 Å². The van der Waals surface area contributed by atoms with E-state index in [4.69, 9.17) is 21.1 Å². The Balaban J connectivity index is 1.67. The molecule has 0 bridgehead atoms. The molecule has 2 heterocycles. The van der Waals surface area contributed by atoms with Crippen molar-refractivity contribution in [2.24, 2.45) is 13.0 Å². The Hall–Kier alpha value is -3.21. The maximum Gasteiger partial charge on any atom is 0.280 e. The van der Waals surface area contributed by atoms with E-state index in [9.17, 15) is 26.7 Å². The molecule has 2 aromatic carbocycles. The summed E-state index contributed by atoms with van der Waals surface area (Å²) in [5.74, 6) is -0.611. The number of nitrogens with zero attached hydrogens (tertiary/aromatic N) is 4. The van der Waals surface area contributed by atoms with Crippen LogP contribution in [-0.2, 0) is 31.8 Å². The summed E-state index contributed by atoms with van der Waals surface area (Å²) in [6.45, 7) is 5.56. The number of likely N-dealkylation sites (N-methyl/N-ethyl adjacent to an activating group) is 1. The van der Waals surface area contributed by atoms with Crippen molar-refractivity contribution in [1.82, 2.24) is 18.8 Å². The van der Waals surface area contributed by atoms with Crippen LogP contribution < -0.4 is 9.46 Å². The number of aromatic nitrogens is 2. The SMILES string of the molecule is C[C@@H]1CCCCO[C@@H](CN(C)S(=O)(=O)c2ccc(Cl)cc2)[C@@H](C)CN([C@H](C)CO)C(=O)c2cc(NS(=O)(=O)c3cn(C)cn3)ccc2O1. The molecular formula is C32H44ClN5O8S2. The van der Waals surface area contributed by atoms with Gasteiger partial charge in [-0.3, -0.25) is 9.52 Å². The van der Waals surface area contributed by atoms with Crippen LogP contribution in [0.2, 0.25) is 5.02 Å². The van der Waals surface area contributed by atoms with Gasteiger partial charge in [-0.15, -0.1) is 0 Å². The summed E-state index contributed by atoms with van der Waals surface area (Å²) in [7, 11) is -4.80. The number of aliphatic hydroxyl groups excluding tert-OH is 1. The Morgan fingerprint density at radius 1 is 1.12 bits per heavy atom. The maximum absolute atomic E-state index is 14.3. The largest absolute Gasteiger partial charge is 0.490 e. The second-order valence-corrected chi connectivity index (χ2v) is 16.3. The molecule has 0 radical (unpaired) electrons. The van der Waals surface area contributed by atoms with Gasteiger partial charge in [-0.1, -0.05) is 18.5 Å². The van der Waals surface area contributed by atoms with Crippen LogP contribution in [0.15, 0.2) is 64.9 Å². The number of fused-ring (bicyclic) bond motifs is 1. The summed E-state index contributed by atoms with van der Waals surface area (Å²) in [5, 5.41) is 10.4. The minimum atomic E-state index is -4.06. The van der Waals surface area contributed by atoms with Crippen LogP contribution >= 0.6 is 11.6 Å². The Morgan fingerprint density at radius 2 is 1.83 bits per heavy atom. The average Bonchev–Trinajstić information content (AvgIpc) is 3.49. The summed E-state index contributed by atoms with van der Waals surface area (Å²) >= 11 is 5.97. The van der Waals surface area contributed by atoms with Crippen molar-refractivity contribution in [2.75, 3.05) is 38.1 Å². The van der Waals surface area contributed by atoms with Crippen LogP contribution in [0.4, 0.5) is 5.69 Å².